The van der Waals surface area contributed by atoms with Crippen molar-refractivity contribution in [2.24, 2.45) is 0 Å². The third-order valence-corrected chi connectivity index (χ3v) is 5.93. The molecular weight excluding hydrogens is 274 g/mol. The number of nitrogens with zero attached hydrogens (tertiary/aromatic N) is 2. The van der Waals surface area contributed by atoms with Gasteiger partial charge in [0.05, 0.1) is 5.75 Å². The Morgan fingerprint density at radius 2 is 2.00 bits per heavy atom. The molecule has 2 heterocycles. The zero-order valence-electron chi connectivity index (χ0n) is 12.4. The highest BCUT2D eigenvalue weighted by molar-refractivity contribution is 7.89. The van der Waals surface area contributed by atoms with Crippen molar-refractivity contribution in [1.82, 2.24) is 14.2 Å². The minimum absolute atomic E-state index is 0.203. The van der Waals surface area contributed by atoms with Crippen LogP contribution in [0, 0.1) is 0 Å². The summed E-state index contributed by atoms with van der Waals surface area (Å²) in [4.78, 5) is 0. The smallest absolute Gasteiger partial charge is 0.213 e. The van der Waals surface area contributed by atoms with E-state index in [-0.39, 0.29) is 5.75 Å². The second kappa shape index (κ2) is 6.74. The standard InChI is InChI=1S/C14H25N3O2S/c1-3-16-9-5-6-14(16)12-15-13-7-10-17(11-8-13)20(18,19)4-2/h5-6,9,13,15H,3-4,7-8,10-12H2,1-2H3. The predicted molar refractivity (Wildman–Crippen MR) is 81.0 cm³/mol. The maximum Gasteiger partial charge on any atom is 0.213 e. The number of rotatable bonds is 6. The Bertz CT molecular complexity index is 516. The molecule has 1 aromatic rings. The first-order valence-electron chi connectivity index (χ1n) is 7.42. The molecule has 1 saturated heterocycles. The molecule has 1 N–H and O–H groups in total. The number of hydrogen-bond acceptors (Lipinski definition) is 3. The molecule has 2 rings (SSSR count). The normalized spacial score (nSPS) is 18.5. The summed E-state index contributed by atoms with van der Waals surface area (Å²) >= 11 is 0. The zero-order chi connectivity index (χ0) is 14.6. The second-order valence-electron chi connectivity index (χ2n) is 5.24. The molecular formula is C14H25N3O2S. The van der Waals surface area contributed by atoms with Crippen LogP contribution >= 0.6 is 0 Å². The third-order valence-electron chi connectivity index (χ3n) is 4.05. The van der Waals surface area contributed by atoms with Gasteiger partial charge in [-0.1, -0.05) is 0 Å². The summed E-state index contributed by atoms with van der Waals surface area (Å²) in [5.74, 6) is 0.203. The Hall–Kier alpha value is -0.850. The number of sulfonamides is 1. The number of nitrogens with one attached hydrogen (secondary N) is 1. The van der Waals surface area contributed by atoms with E-state index in [1.54, 1.807) is 11.2 Å². The van der Waals surface area contributed by atoms with Gasteiger partial charge in [0.1, 0.15) is 0 Å². The van der Waals surface area contributed by atoms with Crippen LogP contribution in [-0.2, 0) is 23.1 Å². The quantitative estimate of drug-likeness (QED) is 0.864. The number of piperidine rings is 1. The monoisotopic (exact) mass is 299 g/mol. The van der Waals surface area contributed by atoms with E-state index in [0.717, 1.165) is 25.9 Å². The van der Waals surface area contributed by atoms with E-state index in [1.807, 2.05) is 0 Å². The van der Waals surface area contributed by atoms with E-state index in [4.69, 9.17) is 0 Å². The fourth-order valence-electron chi connectivity index (χ4n) is 2.69. The van der Waals surface area contributed by atoms with Gasteiger partial charge in [-0.15, -0.1) is 0 Å². The summed E-state index contributed by atoms with van der Waals surface area (Å²) in [6, 6.07) is 4.61. The molecule has 1 aromatic heterocycles. The molecule has 0 bridgehead atoms. The fourth-order valence-corrected chi connectivity index (χ4v) is 3.82. The summed E-state index contributed by atoms with van der Waals surface area (Å²) in [6.07, 6.45) is 3.88. The van der Waals surface area contributed by atoms with Crippen molar-refractivity contribution in [3.8, 4) is 0 Å². The molecule has 5 nitrogen and oxygen atoms in total. The second-order valence-corrected chi connectivity index (χ2v) is 7.50. The molecule has 6 heteroatoms. The van der Waals surface area contributed by atoms with Gasteiger partial charge in [0, 0.05) is 44.1 Å². The predicted octanol–water partition coefficient (Wildman–Crippen LogP) is 1.41. The minimum Gasteiger partial charge on any atom is -0.351 e. The Kier molecular flexibility index (Phi) is 5.23. The molecule has 1 fully saturated rings. The van der Waals surface area contributed by atoms with Crippen LogP contribution in [0.3, 0.4) is 0 Å². The Balaban J connectivity index is 1.80. The highest BCUT2D eigenvalue weighted by Gasteiger charge is 2.26. The molecule has 1 aliphatic heterocycles. The van der Waals surface area contributed by atoms with Crippen LogP contribution in [0.4, 0.5) is 0 Å². The molecule has 0 aromatic carbocycles. The Morgan fingerprint density at radius 3 is 2.60 bits per heavy atom. The van der Waals surface area contributed by atoms with Gasteiger partial charge in [-0.25, -0.2) is 12.7 Å². The summed E-state index contributed by atoms with van der Waals surface area (Å²) in [6.45, 7) is 6.96. The first-order valence-corrected chi connectivity index (χ1v) is 9.03. The van der Waals surface area contributed by atoms with Crippen LogP contribution in [0.1, 0.15) is 32.4 Å². The van der Waals surface area contributed by atoms with Gasteiger partial charge >= 0.3 is 0 Å². The van der Waals surface area contributed by atoms with Crippen molar-refractivity contribution in [1.29, 1.82) is 0 Å². The first-order chi connectivity index (χ1) is 9.56. The largest absolute Gasteiger partial charge is 0.351 e. The van der Waals surface area contributed by atoms with Crippen LogP contribution in [0.2, 0.25) is 0 Å². The lowest BCUT2D eigenvalue weighted by atomic mass is 10.1. The lowest BCUT2D eigenvalue weighted by molar-refractivity contribution is 0.287. The minimum atomic E-state index is -3.01. The van der Waals surface area contributed by atoms with Crippen LogP contribution in [0.5, 0.6) is 0 Å². The lowest BCUT2D eigenvalue weighted by Crippen LogP contribution is -2.45. The number of aryl methyl sites for hydroxylation is 1. The van der Waals surface area contributed by atoms with Crippen molar-refractivity contribution in [3.63, 3.8) is 0 Å². The molecule has 0 amide bonds. The molecule has 20 heavy (non-hydrogen) atoms. The van der Waals surface area contributed by atoms with Crippen molar-refractivity contribution >= 4 is 10.0 Å². The Morgan fingerprint density at radius 1 is 1.30 bits per heavy atom. The maximum atomic E-state index is 11.8. The van der Waals surface area contributed by atoms with Gasteiger partial charge in [0.15, 0.2) is 0 Å². The van der Waals surface area contributed by atoms with E-state index in [1.165, 1.54) is 5.69 Å². The van der Waals surface area contributed by atoms with Crippen LogP contribution in [-0.4, -0.2) is 42.2 Å². The van der Waals surface area contributed by atoms with Crippen LogP contribution in [0.15, 0.2) is 18.3 Å². The van der Waals surface area contributed by atoms with Crippen LogP contribution in [0.25, 0.3) is 0 Å². The SMILES string of the molecule is CCn1cccc1CNC1CCN(S(=O)(=O)CC)CC1. The average molecular weight is 299 g/mol. The molecule has 1 aliphatic rings. The summed E-state index contributed by atoms with van der Waals surface area (Å²) in [5, 5.41) is 3.55. The van der Waals surface area contributed by atoms with E-state index in [0.29, 0.717) is 19.1 Å². The Labute approximate surface area is 122 Å². The van der Waals surface area contributed by atoms with E-state index < -0.39 is 10.0 Å². The van der Waals surface area contributed by atoms with Gasteiger partial charge in [-0.2, -0.15) is 0 Å². The lowest BCUT2D eigenvalue weighted by Gasteiger charge is -2.31. The van der Waals surface area contributed by atoms with Gasteiger partial charge in [-0.05, 0) is 38.8 Å². The fraction of sp³-hybridized carbons (Fsp3) is 0.714. The van der Waals surface area contributed by atoms with Crippen molar-refractivity contribution < 1.29 is 8.42 Å². The zero-order valence-corrected chi connectivity index (χ0v) is 13.2. The van der Waals surface area contributed by atoms with E-state index in [9.17, 15) is 8.42 Å². The van der Waals surface area contributed by atoms with Crippen molar-refractivity contribution in [3.05, 3.63) is 24.0 Å². The molecule has 0 unspecified atom stereocenters. The third kappa shape index (κ3) is 3.62. The highest BCUT2D eigenvalue weighted by Crippen LogP contribution is 2.15. The maximum absolute atomic E-state index is 11.8. The molecule has 0 aliphatic carbocycles. The summed E-state index contributed by atoms with van der Waals surface area (Å²) < 4.78 is 27.4. The van der Waals surface area contributed by atoms with E-state index in [2.05, 4.69) is 35.1 Å². The average Bonchev–Trinajstić information content (AvgIpc) is 2.93. The first kappa shape index (κ1) is 15.5. The van der Waals surface area contributed by atoms with Crippen molar-refractivity contribution in [2.45, 2.75) is 45.8 Å². The van der Waals surface area contributed by atoms with Gasteiger partial charge < -0.3 is 9.88 Å². The molecule has 0 spiro atoms. The number of aromatic nitrogens is 1. The summed E-state index contributed by atoms with van der Waals surface area (Å²) in [5.41, 5.74) is 1.29. The van der Waals surface area contributed by atoms with Crippen molar-refractivity contribution in [2.75, 3.05) is 18.8 Å². The topological polar surface area (TPSA) is 54.3 Å². The van der Waals surface area contributed by atoms with Gasteiger partial charge in [0.25, 0.3) is 0 Å². The molecule has 0 atom stereocenters. The molecule has 114 valence electrons. The summed E-state index contributed by atoms with van der Waals surface area (Å²) in [7, 11) is -3.01. The van der Waals surface area contributed by atoms with Gasteiger partial charge in [-0.3, -0.25) is 0 Å². The van der Waals surface area contributed by atoms with Crippen LogP contribution < -0.4 is 5.32 Å². The number of hydrogen-bond donors (Lipinski definition) is 1. The highest BCUT2D eigenvalue weighted by atomic mass is 32.2. The van der Waals surface area contributed by atoms with E-state index >= 15 is 0 Å². The van der Waals surface area contributed by atoms with Gasteiger partial charge in [0.2, 0.25) is 10.0 Å². The molecule has 0 radical (unpaired) electrons. The molecule has 0 saturated carbocycles.